The molecule has 18 aromatic rings. The van der Waals surface area contributed by atoms with E-state index in [9.17, 15) is 0 Å². The fourth-order valence-electron chi connectivity index (χ4n) is 16.2. The predicted octanol–water partition coefficient (Wildman–Crippen LogP) is 24.5. The van der Waals surface area contributed by atoms with Gasteiger partial charge in [-0.25, -0.2) is 0 Å². The molecule has 4 heteroatoms. The monoisotopic (exact) mass is 1270 g/mol. The quantitative estimate of drug-likeness (QED) is 0.114. The summed E-state index contributed by atoms with van der Waals surface area (Å²) >= 11 is 0. The lowest BCUT2D eigenvalue weighted by atomic mass is 9.89. The van der Waals surface area contributed by atoms with E-state index >= 15 is 0 Å². The summed E-state index contributed by atoms with van der Waals surface area (Å²) in [5, 5.41) is 10.6. The number of aromatic nitrogens is 2. The molecule has 0 aliphatic carbocycles. The Balaban J connectivity index is 0.987. The van der Waals surface area contributed by atoms with Gasteiger partial charge in [0.15, 0.2) is 0 Å². The first-order chi connectivity index (χ1) is 48.8. The van der Waals surface area contributed by atoms with Crippen LogP contribution in [0.15, 0.2) is 322 Å². The molecule has 470 valence electrons. The Labute approximate surface area is 576 Å². The normalized spacial score (nSPS) is 12.4. The number of rotatable bonds is 13. The van der Waals surface area contributed by atoms with Crippen molar-refractivity contribution in [3.05, 3.63) is 355 Å². The number of hydrogen-bond acceptors (Lipinski definition) is 2. The zero-order valence-corrected chi connectivity index (χ0v) is 56.1. The van der Waals surface area contributed by atoms with Crippen molar-refractivity contribution in [3.63, 3.8) is 0 Å². The van der Waals surface area contributed by atoms with Crippen LogP contribution in [0.5, 0.6) is 0 Å². The molecule has 0 aliphatic rings. The molecule has 0 saturated carbocycles. The number of nitrogens with zero attached hydrogens (tertiary/aromatic N) is 4. The minimum atomic E-state index is 1.00. The van der Waals surface area contributed by atoms with Gasteiger partial charge in [0.05, 0.1) is 44.3 Å². The molecule has 0 amide bonds. The Morgan fingerprint density at radius 3 is 1.05 bits per heavy atom. The van der Waals surface area contributed by atoms with Crippen LogP contribution in [-0.2, 0) is 0 Å². The van der Waals surface area contributed by atoms with Crippen molar-refractivity contribution >= 4 is 105 Å². The molecule has 0 N–H and O–H groups in total. The predicted molar refractivity (Wildman–Crippen MR) is 423 cm³/mol. The molecule has 4 aromatic heterocycles. The van der Waals surface area contributed by atoms with Crippen LogP contribution in [0.25, 0.3) is 144 Å². The Morgan fingerprint density at radius 1 is 0.303 bits per heavy atom. The number of aryl methyl sites for hydroxylation is 4. The third kappa shape index (κ3) is 9.28. The highest BCUT2D eigenvalue weighted by molar-refractivity contribution is 6.37. The van der Waals surface area contributed by atoms with Crippen molar-refractivity contribution in [2.45, 2.75) is 34.6 Å². The maximum atomic E-state index is 4.82. The summed E-state index contributed by atoms with van der Waals surface area (Å²) in [4.78, 5) is 5.07. The van der Waals surface area contributed by atoms with Crippen LogP contribution >= 0.6 is 0 Å². The van der Waals surface area contributed by atoms with Gasteiger partial charge in [0, 0.05) is 76.8 Å². The Hall–Kier alpha value is -12.5. The minimum Gasteiger partial charge on any atom is -0.309 e. The lowest BCUT2D eigenvalue weighted by molar-refractivity contribution is 1.19. The van der Waals surface area contributed by atoms with E-state index in [0.717, 1.165) is 100 Å². The van der Waals surface area contributed by atoms with E-state index in [1.54, 1.807) is 0 Å². The van der Waals surface area contributed by atoms with Crippen LogP contribution in [-0.4, -0.2) is 8.80 Å². The highest BCUT2D eigenvalue weighted by Gasteiger charge is 2.33. The fraction of sp³-hybridized carbons (Fsp3) is 0.0526. The molecule has 0 atom stereocenters. The summed E-state index contributed by atoms with van der Waals surface area (Å²) in [7, 11) is 0. The number of anilines is 5. The van der Waals surface area contributed by atoms with E-state index in [0.29, 0.717) is 0 Å². The van der Waals surface area contributed by atoms with Crippen LogP contribution < -0.4 is 20.4 Å². The highest BCUT2D eigenvalue weighted by Crippen LogP contribution is 2.55. The van der Waals surface area contributed by atoms with Gasteiger partial charge in [-0.05, 0) is 155 Å². The van der Waals surface area contributed by atoms with Crippen molar-refractivity contribution in [3.8, 4) is 66.8 Å². The number of benzene rings is 14. The summed E-state index contributed by atoms with van der Waals surface area (Å²) in [6.45, 7) is 16.1. The van der Waals surface area contributed by atoms with E-state index in [2.05, 4.69) is 375 Å². The second kappa shape index (κ2) is 23.7. The minimum absolute atomic E-state index is 1.00. The van der Waals surface area contributed by atoms with Crippen molar-refractivity contribution in [2.24, 2.45) is 0 Å². The van der Waals surface area contributed by atoms with Gasteiger partial charge in [-0.2, -0.15) is 0 Å². The van der Waals surface area contributed by atoms with E-state index in [1.807, 2.05) is 0 Å². The van der Waals surface area contributed by atoms with Gasteiger partial charge in [-0.1, -0.05) is 286 Å². The Bertz CT molecular complexity index is 6150. The molecule has 0 radical (unpaired) electrons. The number of fused-ring (bicyclic) bond motifs is 9. The van der Waals surface area contributed by atoms with Crippen molar-refractivity contribution in [1.82, 2.24) is 8.80 Å². The second-order valence-corrected chi connectivity index (χ2v) is 26.5. The second-order valence-electron chi connectivity index (χ2n) is 26.5. The molecule has 0 aliphatic heterocycles. The van der Waals surface area contributed by atoms with Gasteiger partial charge in [0.2, 0.25) is 0 Å². The smallest absolute Gasteiger partial charge is 0.0634 e. The molecular weight excluding hydrogens is 1200 g/mol. The summed E-state index contributed by atoms with van der Waals surface area (Å²) in [5.41, 5.74) is 31.1. The molecule has 0 saturated heterocycles. The van der Waals surface area contributed by atoms with Gasteiger partial charge in [-0.3, -0.25) is 0 Å². The van der Waals surface area contributed by atoms with Gasteiger partial charge >= 0.3 is 0 Å². The van der Waals surface area contributed by atoms with Crippen LogP contribution in [0, 0.1) is 27.7 Å². The van der Waals surface area contributed by atoms with Gasteiger partial charge in [-0.15, -0.1) is 0 Å². The first-order valence-corrected chi connectivity index (χ1v) is 34.4. The van der Waals surface area contributed by atoms with E-state index in [4.69, 9.17) is 6.58 Å². The van der Waals surface area contributed by atoms with Gasteiger partial charge < -0.3 is 18.6 Å². The average Bonchev–Trinajstić information content (AvgIpc) is 1.50. The van der Waals surface area contributed by atoms with Gasteiger partial charge in [0.25, 0.3) is 0 Å². The fourth-order valence-corrected chi connectivity index (χ4v) is 16.2. The first kappa shape index (κ1) is 59.0. The van der Waals surface area contributed by atoms with Crippen molar-refractivity contribution in [1.29, 1.82) is 0 Å². The molecular formula is C95H70N4. The summed E-state index contributed by atoms with van der Waals surface area (Å²) in [6, 6.07) is 114. The maximum absolute atomic E-state index is 4.82. The topological polar surface area (TPSA) is 15.3 Å². The molecule has 14 aromatic carbocycles. The summed E-state index contributed by atoms with van der Waals surface area (Å²) in [6.07, 6.45) is 4.46. The third-order valence-corrected chi connectivity index (χ3v) is 20.8. The average molecular weight is 1270 g/mol. The lowest BCUT2D eigenvalue weighted by Gasteiger charge is -2.30. The Kier molecular flexibility index (Phi) is 14.1. The molecule has 0 fully saturated rings. The van der Waals surface area contributed by atoms with Crippen LogP contribution in [0.3, 0.4) is 0 Å². The summed E-state index contributed by atoms with van der Waals surface area (Å²) < 4.78 is 5.28. The summed E-state index contributed by atoms with van der Waals surface area (Å²) in [5.74, 6) is 0. The van der Waals surface area contributed by atoms with Crippen molar-refractivity contribution in [2.75, 3.05) is 9.80 Å². The molecule has 99 heavy (non-hydrogen) atoms. The maximum Gasteiger partial charge on any atom is 0.0634 e. The zero-order valence-electron chi connectivity index (χ0n) is 56.1. The Morgan fingerprint density at radius 2 is 0.646 bits per heavy atom. The standard InChI is InChI=1S/C95H70N4/c1-7-78(96(82-56-70(52-48-60(82)3)64-30-15-9-16-31-64)83-57-71(53-49-61(83)4)65-32-17-10-18-33-65)88-74-42-27-44-76-90-87(69-40-25-14-26-41-69)95-91(86(68-38-23-13-24-39-68)94(90)98(92(74)76)79(88)8-2)77-45-28-43-75-89-80(46-29-47-81(89)99(95)93(75)77)97(84-58-72(54-50-62(84)5)66-34-19-11-20-35-66)85-59-73(55-51-63(85)6)67-36-21-12-22-37-67/h7-59H,1H2,2-6H3/b79-8+,88-78+. The highest BCUT2D eigenvalue weighted by atomic mass is 15.2. The van der Waals surface area contributed by atoms with Crippen LogP contribution in [0.1, 0.15) is 29.2 Å². The van der Waals surface area contributed by atoms with Crippen LogP contribution in [0.2, 0.25) is 0 Å². The third-order valence-electron chi connectivity index (χ3n) is 20.8. The van der Waals surface area contributed by atoms with Gasteiger partial charge in [0.1, 0.15) is 0 Å². The molecule has 18 rings (SSSR count). The first-order valence-electron chi connectivity index (χ1n) is 34.4. The molecule has 4 heterocycles. The van der Waals surface area contributed by atoms with Crippen molar-refractivity contribution < 1.29 is 0 Å². The van der Waals surface area contributed by atoms with Crippen LogP contribution in [0.4, 0.5) is 28.4 Å². The van der Waals surface area contributed by atoms with E-state index in [-0.39, 0.29) is 0 Å². The van der Waals surface area contributed by atoms with E-state index < -0.39 is 0 Å². The molecule has 0 unspecified atom stereocenters. The zero-order chi connectivity index (χ0) is 66.6. The lowest BCUT2D eigenvalue weighted by Crippen LogP contribution is -2.33. The molecule has 0 spiro atoms. The molecule has 0 bridgehead atoms. The number of para-hydroxylation sites is 2. The van der Waals surface area contributed by atoms with E-state index in [1.165, 1.54) is 98.9 Å². The SMILES string of the molecule is C=C/C(=c1\c(=C/C)n2c3c(-c4ccccc4)c4c5cccc6c7c(N(c8cc(-c9ccccc9)ccc8C)c8cc(-c9ccccc9)ccc8C)cccc7n(c4c(-c4ccccc4)c3c3cccc1c32)c65)N(c1cc(-c2ccccc2)ccc1C)c1cc(-c2ccccc2)ccc1C. The largest absolute Gasteiger partial charge is 0.309 e. The number of hydrogen-bond donors (Lipinski definition) is 0. The molecule has 4 nitrogen and oxygen atoms in total.